The molecule has 2 rings (SSSR count). The summed E-state index contributed by atoms with van der Waals surface area (Å²) in [5.41, 5.74) is 0. The molecule has 1 atom stereocenters. The lowest BCUT2D eigenvalue weighted by Gasteiger charge is -2.32. The first-order chi connectivity index (χ1) is 9.75. The van der Waals surface area contributed by atoms with Gasteiger partial charge in [0.15, 0.2) is 0 Å². The van der Waals surface area contributed by atoms with Gasteiger partial charge in [-0.1, -0.05) is 6.42 Å². The van der Waals surface area contributed by atoms with Gasteiger partial charge >= 0.3 is 0 Å². The summed E-state index contributed by atoms with van der Waals surface area (Å²) in [6.07, 6.45) is 6.93. The van der Waals surface area contributed by atoms with Gasteiger partial charge in [-0.3, -0.25) is 4.90 Å². The van der Waals surface area contributed by atoms with Crippen LogP contribution in [0.25, 0.3) is 0 Å². The van der Waals surface area contributed by atoms with Crippen molar-refractivity contribution in [3.63, 3.8) is 0 Å². The van der Waals surface area contributed by atoms with Crippen LogP contribution in [-0.4, -0.2) is 87.2 Å². The minimum absolute atomic E-state index is 0.851. The highest BCUT2D eigenvalue weighted by molar-refractivity contribution is 4.84. The number of hydrogen-bond acceptors (Lipinski definition) is 4. The quantitative estimate of drug-likeness (QED) is 0.673. The standard InChI is InChI=1S/C16H34N4/c1-18(2)10-6-8-17-9-14-19-13-7-16(15-19)20-11-4-3-5-12-20/h16-17H,3-15H2,1-2H3. The van der Waals surface area contributed by atoms with E-state index < -0.39 is 0 Å². The molecule has 4 nitrogen and oxygen atoms in total. The summed E-state index contributed by atoms with van der Waals surface area (Å²) in [6, 6.07) is 0.851. The van der Waals surface area contributed by atoms with Crippen LogP contribution in [0.5, 0.6) is 0 Å². The van der Waals surface area contributed by atoms with Crippen molar-refractivity contribution in [3.8, 4) is 0 Å². The molecular weight excluding hydrogens is 248 g/mol. The smallest absolute Gasteiger partial charge is 0.0235 e. The number of nitrogens with one attached hydrogen (secondary N) is 1. The van der Waals surface area contributed by atoms with E-state index in [1.54, 1.807) is 0 Å². The van der Waals surface area contributed by atoms with Crippen molar-refractivity contribution in [2.24, 2.45) is 0 Å². The molecule has 0 saturated carbocycles. The highest BCUT2D eigenvalue weighted by atomic mass is 15.3. The van der Waals surface area contributed by atoms with Gasteiger partial charge in [0.2, 0.25) is 0 Å². The van der Waals surface area contributed by atoms with Gasteiger partial charge in [-0.15, -0.1) is 0 Å². The average Bonchev–Trinajstić information content (AvgIpc) is 2.92. The minimum atomic E-state index is 0.851. The maximum Gasteiger partial charge on any atom is 0.0235 e. The Bertz CT molecular complexity index is 251. The first kappa shape index (κ1) is 16.2. The lowest BCUT2D eigenvalue weighted by molar-refractivity contribution is 0.162. The molecule has 20 heavy (non-hydrogen) atoms. The molecule has 1 N–H and O–H groups in total. The molecule has 0 radical (unpaired) electrons. The Balaban J connectivity index is 1.50. The maximum absolute atomic E-state index is 3.58. The van der Waals surface area contributed by atoms with Crippen LogP contribution >= 0.6 is 0 Å². The Morgan fingerprint density at radius 2 is 1.85 bits per heavy atom. The fraction of sp³-hybridized carbons (Fsp3) is 1.00. The van der Waals surface area contributed by atoms with Gasteiger partial charge in [0.25, 0.3) is 0 Å². The van der Waals surface area contributed by atoms with Crippen LogP contribution in [-0.2, 0) is 0 Å². The van der Waals surface area contributed by atoms with E-state index >= 15 is 0 Å². The van der Waals surface area contributed by atoms with Crippen LogP contribution in [0.3, 0.4) is 0 Å². The monoisotopic (exact) mass is 282 g/mol. The van der Waals surface area contributed by atoms with E-state index in [2.05, 4.69) is 34.1 Å². The summed E-state index contributed by atoms with van der Waals surface area (Å²) in [5.74, 6) is 0. The van der Waals surface area contributed by atoms with E-state index in [1.807, 2.05) is 0 Å². The molecule has 4 heteroatoms. The Morgan fingerprint density at radius 1 is 1.05 bits per heavy atom. The van der Waals surface area contributed by atoms with Gasteiger partial charge in [0.05, 0.1) is 0 Å². The predicted octanol–water partition coefficient (Wildman–Crippen LogP) is 1.09. The molecule has 2 fully saturated rings. The minimum Gasteiger partial charge on any atom is -0.315 e. The van der Waals surface area contributed by atoms with Crippen LogP contribution in [0.1, 0.15) is 32.1 Å². The zero-order valence-electron chi connectivity index (χ0n) is 13.6. The van der Waals surface area contributed by atoms with E-state index in [4.69, 9.17) is 0 Å². The Hall–Kier alpha value is -0.160. The van der Waals surface area contributed by atoms with E-state index in [-0.39, 0.29) is 0 Å². The van der Waals surface area contributed by atoms with Crippen molar-refractivity contribution in [1.82, 2.24) is 20.0 Å². The molecule has 0 spiro atoms. The van der Waals surface area contributed by atoms with Gasteiger partial charge < -0.3 is 15.1 Å². The molecule has 0 aromatic carbocycles. The number of rotatable bonds is 8. The molecule has 2 heterocycles. The van der Waals surface area contributed by atoms with Crippen LogP contribution in [0.2, 0.25) is 0 Å². The van der Waals surface area contributed by atoms with E-state index in [1.165, 1.54) is 71.4 Å². The van der Waals surface area contributed by atoms with Gasteiger partial charge in [0, 0.05) is 25.7 Å². The van der Waals surface area contributed by atoms with Crippen molar-refractivity contribution in [3.05, 3.63) is 0 Å². The largest absolute Gasteiger partial charge is 0.315 e. The second-order valence-electron chi connectivity index (χ2n) is 6.75. The maximum atomic E-state index is 3.58. The lowest BCUT2D eigenvalue weighted by Crippen LogP contribution is -2.41. The number of hydrogen-bond donors (Lipinski definition) is 1. The van der Waals surface area contributed by atoms with Crippen LogP contribution in [0, 0.1) is 0 Å². The topological polar surface area (TPSA) is 21.8 Å². The zero-order chi connectivity index (χ0) is 14.2. The molecule has 2 aliphatic rings. The first-order valence-electron chi connectivity index (χ1n) is 8.57. The third-order valence-corrected chi connectivity index (χ3v) is 4.72. The Labute approximate surface area is 125 Å². The van der Waals surface area contributed by atoms with Gasteiger partial charge in [0.1, 0.15) is 0 Å². The van der Waals surface area contributed by atoms with E-state index in [0.717, 1.165) is 19.1 Å². The number of nitrogens with zero attached hydrogens (tertiary/aromatic N) is 3. The summed E-state index contributed by atoms with van der Waals surface area (Å²) in [4.78, 5) is 7.65. The van der Waals surface area contributed by atoms with Gasteiger partial charge in [-0.25, -0.2) is 0 Å². The van der Waals surface area contributed by atoms with Gasteiger partial charge in [-0.2, -0.15) is 0 Å². The van der Waals surface area contributed by atoms with Crippen LogP contribution in [0.4, 0.5) is 0 Å². The van der Waals surface area contributed by atoms with Crippen LogP contribution < -0.4 is 5.32 Å². The lowest BCUT2D eigenvalue weighted by atomic mass is 10.1. The summed E-state index contributed by atoms with van der Waals surface area (Å²) < 4.78 is 0. The Morgan fingerprint density at radius 3 is 2.60 bits per heavy atom. The Kier molecular flexibility index (Phi) is 7.28. The fourth-order valence-electron chi connectivity index (χ4n) is 3.48. The third kappa shape index (κ3) is 5.68. The predicted molar refractivity (Wildman–Crippen MR) is 86.3 cm³/mol. The van der Waals surface area contributed by atoms with E-state index in [9.17, 15) is 0 Å². The summed E-state index contributed by atoms with van der Waals surface area (Å²) in [7, 11) is 4.29. The van der Waals surface area contributed by atoms with Crippen LogP contribution in [0.15, 0.2) is 0 Å². The highest BCUT2D eigenvalue weighted by Gasteiger charge is 2.27. The molecule has 2 saturated heterocycles. The van der Waals surface area contributed by atoms with Crippen molar-refractivity contribution >= 4 is 0 Å². The summed E-state index contributed by atoms with van der Waals surface area (Å²) in [5, 5.41) is 3.58. The second-order valence-corrected chi connectivity index (χ2v) is 6.75. The molecule has 0 bridgehead atoms. The van der Waals surface area contributed by atoms with Crippen molar-refractivity contribution in [2.75, 3.05) is 66.5 Å². The molecule has 0 amide bonds. The van der Waals surface area contributed by atoms with Gasteiger partial charge in [-0.05, 0) is 72.5 Å². The molecule has 2 aliphatic heterocycles. The summed E-state index contributed by atoms with van der Waals surface area (Å²) >= 11 is 0. The second kappa shape index (κ2) is 8.98. The summed E-state index contributed by atoms with van der Waals surface area (Å²) in [6.45, 7) is 10.0. The van der Waals surface area contributed by atoms with Crippen molar-refractivity contribution in [2.45, 2.75) is 38.1 Å². The highest BCUT2D eigenvalue weighted by Crippen LogP contribution is 2.19. The molecule has 0 aromatic rings. The molecule has 0 aliphatic carbocycles. The zero-order valence-corrected chi connectivity index (χ0v) is 13.6. The first-order valence-corrected chi connectivity index (χ1v) is 8.57. The molecular formula is C16H34N4. The third-order valence-electron chi connectivity index (χ3n) is 4.72. The molecule has 0 aromatic heterocycles. The average molecular weight is 282 g/mol. The van der Waals surface area contributed by atoms with Crippen molar-refractivity contribution < 1.29 is 0 Å². The molecule has 1 unspecified atom stereocenters. The number of piperidine rings is 1. The molecule has 118 valence electrons. The fourth-order valence-corrected chi connectivity index (χ4v) is 3.48. The SMILES string of the molecule is CN(C)CCCNCCN1CCC(N2CCCCC2)C1. The van der Waals surface area contributed by atoms with Crippen molar-refractivity contribution in [1.29, 1.82) is 0 Å². The normalized spacial score (nSPS) is 25.6. The number of likely N-dealkylation sites (tertiary alicyclic amines) is 2. The van der Waals surface area contributed by atoms with E-state index in [0.29, 0.717) is 0 Å².